The maximum absolute atomic E-state index is 13.8. The molecule has 4 N–H and O–H groups in total. The lowest BCUT2D eigenvalue weighted by Crippen LogP contribution is -2.54. The number of halogens is 2. The first-order valence-electron chi connectivity index (χ1n) is 11.0. The number of morpholine rings is 1. The Morgan fingerprint density at radius 1 is 1.40 bits per heavy atom. The van der Waals surface area contributed by atoms with E-state index in [-0.39, 0.29) is 25.1 Å². The molecule has 4 aromatic rings. The number of fused-ring (bicyclic) bond motifs is 2. The third kappa shape index (κ3) is 4.28. The Bertz CT molecular complexity index is 1430. The fourth-order valence-corrected chi connectivity index (χ4v) is 4.76. The van der Waals surface area contributed by atoms with Crippen LogP contribution < -0.4 is 11.1 Å². The Morgan fingerprint density at radius 3 is 3.03 bits per heavy atom. The molecule has 1 aliphatic rings. The van der Waals surface area contributed by atoms with E-state index in [2.05, 4.69) is 31.3 Å². The average molecular weight is 544 g/mol. The summed E-state index contributed by atoms with van der Waals surface area (Å²) in [5.74, 6) is -0.0325. The van der Waals surface area contributed by atoms with Gasteiger partial charge in [-0.3, -0.25) is 4.98 Å². The van der Waals surface area contributed by atoms with Crippen molar-refractivity contribution in [2.24, 2.45) is 0 Å². The lowest BCUT2D eigenvalue weighted by molar-refractivity contribution is -0.00805. The molecule has 1 aliphatic heterocycles. The van der Waals surface area contributed by atoms with Crippen LogP contribution in [-0.2, 0) is 4.74 Å². The maximum atomic E-state index is 13.8. The predicted molar refractivity (Wildman–Crippen MR) is 131 cm³/mol. The molecule has 0 aliphatic carbocycles. The minimum absolute atomic E-state index is 0.189. The Hall–Kier alpha value is -3.35. The predicted octanol–water partition coefficient (Wildman–Crippen LogP) is 2.89. The number of urea groups is 1. The standard InChI is InChI=1S/C23H23BrFN7O3/c1-12(29-23(34)31-4-5-35-11-16(31)10-33)20-19(24)21(26)32-22(30-20)17(9-28-32)14-6-13-7-15(25)2-3-18(13)27-8-14/h2-3,6-9,12,16,33H,4-5,10-11,26H2,1H3,(H,29,34). The second kappa shape index (κ2) is 9.36. The number of rotatable bonds is 4. The number of pyridine rings is 1. The molecule has 3 aromatic heterocycles. The molecule has 35 heavy (non-hydrogen) atoms. The molecule has 4 heterocycles. The van der Waals surface area contributed by atoms with Crippen LogP contribution in [0.15, 0.2) is 41.1 Å². The molecule has 0 saturated carbocycles. The quantitative estimate of drug-likeness (QED) is 0.360. The van der Waals surface area contributed by atoms with Crippen LogP contribution in [0.4, 0.5) is 15.0 Å². The second-order valence-electron chi connectivity index (χ2n) is 8.33. The van der Waals surface area contributed by atoms with Gasteiger partial charge in [-0.25, -0.2) is 14.2 Å². The fourth-order valence-electron chi connectivity index (χ4n) is 4.16. The van der Waals surface area contributed by atoms with Gasteiger partial charge in [0.15, 0.2) is 5.65 Å². The van der Waals surface area contributed by atoms with Gasteiger partial charge in [-0.15, -0.1) is 0 Å². The van der Waals surface area contributed by atoms with Crippen molar-refractivity contribution in [1.29, 1.82) is 0 Å². The highest BCUT2D eigenvalue weighted by Gasteiger charge is 2.29. The summed E-state index contributed by atoms with van der Waals surface area (Å²) >= 11 is 3.49. The van der Waals surface area contributed by atoms with E-state index >= 15 is 0 Å². The third-order valence-electron chi connectivity index (χ3n) is 6.05. The van der Waals surface area contributed by atoms with Crippen molar-refractivity contribution in [2.75, 3.05) is 32.1 Å². The van der Waals surface area contributed by atoms with E-state index in [1.165, 1.54) is 16.6 Å². The summed E-state index contributed by atoms with van der Waals surface area (Å²) in [4.78, 5) is 23.7. The van der Waals surface area contributed by atoms with Crippen LogP contribution in [0.1, 0.15) is 18.7 Å². The molecule has 0 spiro atoms. The Balaban J connectivity index is 1.51. The van der Waals surface area contributed by atoms with Crippen molar-refractivity contribution >= 4 is 44.3 Å². The summed E-state index contributed by atoms with van der Waals surface area (Å²) in [5.41, 5.74) is 9.37. The van der Waals surface area contributed by atoms with Crippen LogP contribution in [0.2, 0.25) is 0 Å². The number of carbonyl (C=O) groups excluding carboxylic acids is 1. The Morgan fingerprint density at radius 2 is 2.23 bits per heavy atom. The molecule has 2 unspecified atom stereocenters. The number of anilines is 1. The molecule has 2 amide bonds. The molecule has 182 valence electrons. The van der Waals surface area contributed by atoms with Gasteiger partial charge >= 0.3 is 6.03 Å². The van der Waals surface area contributed by atoms with Crippen molar-refractivity contribution in [3.05, 3.63) is 52.6 Å². The summed E-state index contributed by atoms with van der Waals surface area (Å²) in [6, 6.07) is 4.97. The van der Waals surface area contributed by atoms with Crippen molar-refractivity contribution in [3.63, 3.8) is 0 Å². The molecule has 10 nitrogen and oxygen atoms in total. The zero-order chi connectivity index (χ0) is 24.7. The monoisotopic (exact) mass is 543 g/mol. The van der Waals surface area contributed by atoms with E-state index < -0.39 is 12.1 Å². The fraction of sp³-hybridized carbons (Fsp3) is 0.304. The maximum Gasteiger partial charge on any atom is 0.318 e. The molecule has 0 radical (unpaired) electrons. The first-order valence-corrected chi connectivity index (χ1v) is 11.8. The molecule has 5 rings (SSSR count). The molecule has 1 aromatic carbocycles. The number of nitrogens with zero attached hydrogens (tertiary/aromatic N) is 5. The number of amides is 2. The number of aliphatic hydroxyl groups is 1. The van der Waals surface area contributed by atoms with Gasteiger partial charge in [0, 0.05) is 29.3 Å². The normalized spacial score (nSPS) is 17.1. The molecule has 12 heteroatoms. The first kappa shape index (κ1) is 23.4. The molecule has 1 fully saturated rings. The lowest BCUT2D eigenvalue weighted by atomic mass is 10.1. The molecule has 2 atom stereocenters. The highest BCUT2D eigenvalue weighted by atomic mass is 79.9. The summed E-state index contributed by atoms with van der Waals surface area (Å²) < 4.78 is 21.1. The average Bonchev–Trinajstić information content (AvgIpc) is 3.29. The number of carbonyl (C=O) groups is 1. The van der Waals surface area contributed by atoms with Gasteiger partial charge in [0.2, 0.25) is 0 Å². The number of ether oxygens (including phenoxy) is 1. The Labute approximate surface area is 208 Å². The van der Waals surface area contributed by atoms with Gasteiger partial charge in [0.1, 0.15) is 11.6 Å². The van der Waals surface area contributed by atoms with Crippen LogP contribution in [0.3, 0.4) is 0 Å². The molecule has 1 saturated heterocycles. The number of aromatic nitrogens is 4. The number of nitrogens with one attached hydrogen (secondary N) is 1. The third-order valence-corrected chi connectivity index (χ3v) is 6.86. The van der Waals surface area contributed by atoms with Crippen molar-refractivity contribution in [1.82, 2.24) is 29.8 Å². The van der Waals surface area contributed by atoms with Crippen molar-refractivity contribution in [3.8, 4) is 11.1 Å². The summed E-state index contributed by atoms with van der Waals surface area (Å²) in [6.45, 7) is 2.67. The van der Waals surface area contributed by atoms with Crippen LogP contribution >= 0.6 is 15.9 Å². The second-order valence-corrected chi connectivity index (χ2v) is 9.12. The van der Waals surface area contributed by atoms with E-state index in [4.69, 9.17) is 15.5 Å². The van der Waals surface area contributed by atoms with Crippen LogP contribution in [0, 0.1) is 5.82 Å². The van der Waals surface area contributed by atoms with Crippen LogP contribution in [0.5, 0.6) is 0 Å². The minimum Gasteiger partial charge on any atom is -0.394 e. The largest absolute Gasteiger partial charge is 0.394 e. The summed E-state index contributed by atoms with van der Waals surface area (Å²) in [7, 11) is 0. The van der Waals surface area contributed by atoms with E-state index in [1.807, 2.05) is 6.07 Å². The van der Waals surface area contributed by atoms with Gasteiger partial charge in [-0.2, -0.15) is 9.61 Å². The number of nitrogens with two attached hydrogens (primary N) is 1. The summed E-state index contributed by atoms with van der Waals surface area (Å²) in [5, 5.41) is 17.5. The van der Waals surface area contributed by atoms with E-state index in [0.717, 1.165) is 0 Å². The number of hydrogen-bond acceptors (Lipinski definition) is 7. The minimum atomic E-state index is -0.516. The smallest absolute Gasteiger partial charge is 0.318 e. The molecule has 0 bridgehead atoms. The van der Waals surface area contributed by atoms with Crippen molar-refractivity contribution in [2.45, 2.75) is 19.0 Å². The highest BCUT2D eigenvalue weighted by Crippen LogP contribution is 2.33. The van der Waals surface area contributed by atoms with E-state index in [0.29, 0.717) is 56.8 Å². The number of hydrogen-bond donors (Lipinski definition) is 3. The zero-order valence-corrected chi connectivity index (χ0v) is 20.4. The van der Waals surface area contributed by atoms with Crippen LogP contribution in [0.25, 0.3) is 27.7 Å². The van der Waals surface area contributed by atoms with Crippen molar-refractivity contribution < 1.29 is 19.0 Å². The topological polar surface area (TPSA) is 131 Å². The lowest BCUT2D eigenvalue weighted by Gasteiger charge is -2.35. The highest BCUT2D eigenvalue weighted by molar-refractivity contribution is 9.10. The van der Waals surface area contributed by atoms with Gasteiger partial charge in [0.05, 0.1) is 53.8 Å². The Kier molecular flexibility index (Phi) is 6.26. The number of nitrogen functional groups attached to an aromatic ring is 1. The van der Waals surface area contributed by atoms with Gasteiger partial charge in [-0.1, -0.05) is 0 Å². The number of benzene rings is 1. The van der Waals surface area contributed by atoms with Gasteiger partial charge in [0.25, 0.3) is 0 Å². The SMILES string of the molecule is CC(NC(=O)N1CCOCC1CO)c1nc2c(-c3cnc4ccc(F)cc4c3)cnn2c(N)c1Br. The van der Waals surface area contributed by atoms with E-state index in [1.54, 1.807) is 30.3 Å². The van der Waals surface area contributed by atoms with Gasteiger partial charge < -0.3 is 25.8 Å². The van der Waals surface area contributed by atoms with E-state index in [9.17, 15) is 14.3 Å². The number of aliphatic hydroxyl groups excluding tert-OH is 1. The van der Waals surface area contributed by atoms with Crippen LogP contribution in [-0.4, -0.2) is 68.0 Å². The zero-order valence-electron chi connectivity index (χ0n) is 18.8. The molecular formula is C23H23BrFN7O3. The summed E-state index contributed by atoms with van der Waals surface area (Å²) in [6.07, 6.45) is 3.30. The van der Waals surface area contributed by atoms with Gasteiger partial charge in [-0.05, 0) is 47.1 Å². The molecular weight excluding hydrogens is 521 g/mol. The first-order chi connectivity index (χ1) is 16.9.